The summed E-state index contributed by atoms with van der Waals surface area (Å²) >= 11 is 0. The van der Waals surface area contributed by atoms with Crippen LogP contribution in [0.15, 0.2) is 29.2 Å². The van der Waals surface area contributed by atoms with E-state index in [4.69, 9.17) is 4.18 Å². The lowest BCUT2D eigenvalue weighted by atomic mass is 10.3. The highest BCUT2D eigenvalue weighted by Gasteiger charge is 2.18. The van der Waals surface area contributed by atoms with Crippen LogP contribution in [0, 0.1) is 0 Å². The quantitative estimate of drug-likeness (QED) is 0.759. The van der Waals surface area contributed by atoms with Crippen LogP contribution in [-0.4, -0.2) is 28.6 Å². The van der Waals surface area contributed by atoms with E-state index in [0.717, 1.165) is 5.69 Å². The van der Waals surface area contributed by atoms with Gasteiger partial charge in [-0.1, -0.05) is 6.92 Å². The predicted molar refractivity (Wildman–Crippen MR) is 68.8 cm³/mol. The van der Waals surface area contributed by atoms with Gasteiger partial charge < -0.3 is 4.90 Å². The van der Waals surface area contributed by atoms with Crippen LogP contribution in [0.5, 0.6) is 0 Å². The fourth-order valence-electron chi connectivity index (χ4n) is 1.25. The lowest BCUT2D eigenvalue weighted by Crippen LogP contribution is -2.15. The van der Waals surface area contributed by atoms with Crippen LogP contribution in [-0.2, 0) is 14.3 Å². The molecule has 1 unspecified atom stereocenters. The van der Waals surface area contributed by atoms with Gasteiger partial charge in [0, 0.05) is 19.8 Å². The first-order valence-electron chi connectivity index (χ1n) is 5.57. The van der Waals surface area contributed by atoms with E-state index < -0.39 is 10.1 Å². The normalized spacial score (nSPS) is 13.4. The zero-order valence-electron chi connectivity index (χ0n) is 10.7. The molecule has 4 nitrogen and oxygen atoms in total. The fraction of sp³-hybridized carbons (Fsp3) is 0.500. The Kier molecular flexibility index (Phi) is 4.54. The molecule has 5 heteroatoms. The molecule has 0 aliphatic heterocycles. The second-order valence-electron chi connectivity index (χ2n) is 4.16. The average molecular weight is 257 g/mol. The first kappa shape index (κ1) is 14.0. The van der Waals surface area contributed by atoms with Crippen molar-refractivity contribution in [2.75, 3.05) is 19.0 Å². The van der Waals surface area contributed by atoms with Crippen LogP contribution in [0.2, 0.25) is 0 Å². The molecule has 1 rings (SSSR count). The summed E-state index contributed by atoms with van der Waals surface area (Å²) in [5.41, 5.74) is 0.951. The van der Waals surface area contributed by atoms with Crippen LogP contribution in [0.1, 0.15) is 20.3 Å². The van der Waals surface area contributed by atoms with Crippen molar-refractivity contribution < 1.29 is 12.6 Å². The maximum Gasteiger partial charge on any atom is 0.297 e. The van der Waals surface area contributed by atoms with Gasteiger partial charge in [-0.05, 0) is 37.6 Å². The Bertz CT molecular complexity index is 451. The van der Waals surface area contributed by atoms with Gasteiger partial charge in [0.05, 0.1) is 11.0 Å². The van der Waals surface area contributed by atoms with Crippen LogP contribution in [0.25, 0.3) is 0 Å². The third-order valence-corrected chi connectivity index (χ3v) is 3.94. The summed E-state index contributed by atoms with van der Waals surface area (Å²) in [4.78, 5) is 2.11. The number of rotatable bonds is 5. The summed E-state index contributed by atoms with van der Waals surface area (Å²) in [5, 5.41) is 0. The van der Waals surface area contributed by atoms with Crippen LogP contribution in [0.4, 0.5) is 5.69 Å². The Morgan fingerprint density at radius 1 is 1.24 bits per heavy atom. The van der Waals surface area contributed by atoms with Crippen LogP contribution < -0.4 is 4.90 Å². The minimum Gasteiger partial charge on any atom is -0.378 e. The van der Waals surface area contributed by atoms with E-state index in [0.29, 0.717) is 6.42 Å². The van der Waals surface area contributed by atoms with E-state index in [1.807, 2.05) is 25.9 Å². The Hall–Kier alpha value is -1.07. The topological polar surface area (TPSA) is 46.6 Å². The molecular weight excluding hydrogens is 238 g/mol. The second kappa shape index (κ2) is 5.51. The van der Waals surface area contributed by atoms with E-state index in [1.54, 1.807) is 31.2 Å². The van der Waals surface area contributed by atoms with Gasteiger partial charge in [0.2, 0.25) is 0 Å². The number of benzene rings is 1. The van der Waals surface area contributed by atoms with Crippen molar-refractivity contribution in [1.29, 1.82) is 0 Å². The van der Waals surface area contributed by atoms with Crippen molar-refractivity contribution in [3.63, 3.8) is 0 Å². The van der Waals surface area contributed by atoms with Crippen molar-refractivity contribution in [2.45, 2.75) is 31.3 Å². The summed E-state index contributed by atoms with van der Waals surface area (Å²) in [6.45, 7) is 3.63. The molecule has 1 atom stereocenters. The molecule has 96 valence electrons. The number of hydrogen-bond acceptors (Lipinski definition) is 4. The highest BCUT2D eigenvalue weighted by Crippen LogP contribution is 2.19. The van der Waals surface area contributed by atoms with E-state index in [9.17, 15) is 8.42 Å². The number of nitrogens with zero attached hydrogens (tertiary/aromatic N) is 1. The van der Waals surface area contributed by atoms with Crippen molar-refractivity contribution in [3.8, 4) is 0 Å². The molecule has 0 saturated carbocycles. The lowest BCUT2D eigenvalue weighted by Gasteiger charge is -2.14. The molecule has 0 bridgehead atoms. The summed E-state index contributed by atoms with van der Waals surface area (Å²) in [7, 11) is 0.171. The lowest BCUT2D eigenvalue weighted by molar-refractivity contribution is 0.224. The van der Waals surface area contributed by atoms with Gasteiger partial charge in [0.1, 0.15) is 0 Å². The van der Waals surface area contributed by atoms with Gasteiger partial charge in [0.25, 0.3) is 10.1 Å². The summed E-state index contributed by atoms with van der Waals surface area (Å²) in [6, 6.07) is 6.64. The Labute approximate surface area is 103 Å². The standard InChI is InChI=1S/C12H19NO3S/c1-5-10(2)16-17(14,15)12-8-6-11(7-9-12)13(3)4/h6-10H,5H2,1-4H3. The smallest absolute Gasteiger partial charge is 0.297 e. The van der Waals surface area contributed by atoms with Crippen molar-refractivity contribution in [2.24, 2.45) is 0 Å². The Morgan fingerprint density at radius 2 is 1.76 bits per heavy atom. The van der Waals surface area contributed by atoms with Gasteiger partial charge in [-0.2, -0.15) is 8.42 Å². The maximum atomic E-state index is 11.8. The summed E-state index contributed by atoms with van der Waals surface area (Å²) in [6.07, 6.45) is 0.364. The molecule has 0 radical (unpaired) electrons. The van der Waals surface area contributed by atoms with Gasteiger partial charge in [-0.3, -0.25) is 4.18 Å². The highest BCUT2D eigenvalue weighted by molar-refractivity contribution is 7.86. The Balaban J connectivity index is 2.92. The van der Waals surface area contributed by atoms with Crippen molar-refractivity contribution in [3.05, 3.63) is 24.3 Å². The van der Waals surface area contributed by atoms with Gasteiger partial charge in [-0.15, -0.1) is 0 Å². The highest BCUT2D eigenvalue weighted by atomic mass is 32.2. The molecule has 17 heavy (non-hydrogen) atoms. The SMILES string of the molecule is CCC(C)OS(=O)(=O)c1ccc(N(C)C)cc1. The average Bonchev–Trinajstić information content (AvgIpc) is 2.28. The molecule has 0 aliphatic rings. The molecule has 0 N–H and O–H groups in total. The zero-order valence-corrected chi connectivity index (χ0v) is 11.5. The molecule has 0 saturated heterocycles. The van der Waals surface area contributed by atoms with Crippen LogP contribution >= 0.6 is 0 Å². The third kappa shape index (κ3) is 3.71. The van der Waals surface area contributed by atoms with Gasteiger partial charge in [-0.25, -0.2) is 0 Å². The predicted octanol–water partition coefficient (Wildman–Crippen LogP) is 2.26. The van der Waals surface area contributed by atoms with E-state index in [-0.39, 0.29) is 11.0 Å². The van der Waals surface area contributed by atoms with E-state index in [1.165, 1.54) is 0 Å². The summed E-state index contributed by atoms with van der Waals surface area (Å²) in [5.74, 6) is 0. The Morgan fingerprint density at radius 3 is 2.18 bits per heavy atom. The molecular formula is C12H19NO3S. The molecule has 0 fully saturated rings. The molecule has 0 aliphatic carbocycles. The monoisotopic (exact) mass is 257 g/mol. The van der Waals surface area contributed by atoms with Crippen LogP contribution in [0.3, 0.4) is 0 Å². The van der Waals surface area contributed by atoms with Crippen molar-refractivity contribution >= 4 is 15.8 Å². The molecule has 0 amide bonds. The first-order chi connectivity index (χ1) is 7.86. The molecule has 1 aromatic rings. The molecule has 0 aromatic heterocycles. The van der Waals surface area contributed by atoms with Gasteiger partial charge >= 0.3 is 0 Å². The number of anilines is 1. The minimum atomic E-state index is -3.63. The fourth-order valence-corrected chi connectivity index (χ4v) is 2.40. The van der Waals surface area contributed by atoms with E-state index in [2.05, 4.69) is 0 Å². The third-order valence-electron chi connectivity index (χ3n) is 2.51. The van der Waals surface area contributed by atoms with Crippen molar-refractivity contribution in [1.82, 2.24) is 0 Å². The first-order valence-corrected chi connectivity index (χ1v) is 6.98. The number of hydrogen-bond donors (Lipinski definition) is 0. The van der Waals surface area contributed by atoms with E-state index >= 15 is 0 Å². The molecule has 0 heterocycles. The zero-order chi connectivity index (χ0) is 13.1. The van der Waals surface area contributed by atoms with Gasteiger partial charge in [0.15, 0.2) is 0 Å². The molecule has 0 spiro atoms. The summed E-state index contributed by atoms with van der Waals surface area (Å²) < 4.78 is 28.7. The maximum absolute atomic E-state index is 11.8. The molecule has 1 aromatic carbocycles. The largest absolute Gasteiger partial charge is 0.378 e. The second-order valence-corrected chi connectivity index (χ2v) is 5.73. The minimum absolute atomic E-state index is 0.198.